The number of nitrogen functional groups attached to an aromatic ring is 1. The van der Waals surface area contributed by atoms with E-state index in [1.165, 1.54) is 18.4 Å². The first-order chi connectivity index (χ1) is 8.16. The maximum atomic E-state index is 6.26. The Hall–Kier alpha value is -0.800. The molecule has 0 radical (unpaired) electrons. The molecule has 0 atom stereocenters. The SMILES string of the molecule is Nc1c2c(nc3c(Cl)cc(Br)cc13)CCCC2. The number of aromatic nitrogens is 1. The van der Waals surface area contributed by atoms with Crippen molar-refractivity contribution in [1.82, 2.24) is 4.98 Å². The molecule has 1 aromatic heterocycles. The van der Waals surface area contributed by atoms with Gasteiger partial charge in [0.2, 0.25) is 0 Å². The van der Waals surface area contributed by atoms with Crippen LogP contribution < -0.4 is 5.73 Å². The average Bonchev–Trinajstić information content (AvgIpc) is 2.31. The van der Waals surface area contributed by atoms with Crippen LogP contribution in [0.5, 0.6) is 0 Å². The number of aryl methyl sites for hydroxylation is 1. The molecule has 1 heterocycles. The van der Waals surface area contributed by atoms with Crippen LogP contribution in [-0.4, -0.2) is 4.98 Å². The van der Waals surface area contributed by atoms with E-state index in [0.717, 1.165) is 39.6 Å². The fourth-order valence-electron chi connectivity index (χ4n) is 2.49. The third-order valence-corrected chi connectivity index (χ3v) is 4.07. The van der Waals surface area contributed by atoms with Crippen molar-refractivity contribution in [3.05, 3.63) is 32.9 Å². The van der Waals surface area contributed by atoms with Gasteiger partial charge < -0.3 is 5.73 Å². The molecule has 0 saturated heterocycles. The molecule has 1 aliphatic rings. The second-order valence-electron chi connectivity index (χ2n) is 4.44. The van der Waals surface area contributed by atoms with Crippen molar-refractivity contribution in [3.63, 3.8) is 0 Å². The number of nitrogens with zero attached hydrogens (tertiary/aromatic N) is 1. The van der Waals surface area contributed by atoms with Gasteiger partial charge in [0.1, 0.15) is 0 Å². The number of nitrogens with two attached hydrogens (primary N) is 1. The Balaban J connectivity index is 2.40. The van der Waals surface area contributed by atoms with E-state index in [-0.39, 0.29) is 0 Å². The van der Waals surface area contributed by atoms with Gasteiger partial charge in [0.05, 0.1) is 10.5 Å². The molecule has 0 bridgehead atoms. The van der Waals surface area contributed by atoms with Gasteiger partial charge in [-0.1, -0.05) is 27.5 Å². The van der Waals surface area contributed by atoms with E-state index in [9.17, 15) is 0 Å². The quantitative estimate of drug-likeness (QED) is 0.795. The maximum absolute atomic E-state index is 6.26. The van der Waals surface area contributed by atoms with Crippen LogP contribution in [0.3, 0.4) is 0 Å². The molecular weight excluding hydrogens is 300 g/mol. The first-order valence-electron chi connectivity index (χ1n) is 5.73. The van der Waals surface area contributed by atoms with Crippen LogP contribution in [0.25, 0.3) is 10.9 Å². The lowest BCUT2D eigenvalue weighted by Gasteiger charge is -2.19. The first-order valence-corrected chi connectivity index (χ1v) is 6.90. The maximum Gasteiger partial charge on any atom is 0.0913 e. The summed E-state index contributed by atoms with van der Waals surface area (Å²) in [6.07, 6.45) is 4.45. The fraction of sp³-hybridized carbons (Fsp3) is 0.308. The molecule has 2 nitrogen and oxygen atoms in total. The Morgan fingerprint density at radius 2 is 2.00 bits per heavy atom. The summed E-state index contributed by atoms with van der Waals surface area (Å²) in [6, 6.07) is 3.87. The summed E-state index contributed by atoms with van der Waals surface area (Å²) < 4.78 is 0.944. The number of rotatable bonds is 0. The van der Waals surface area contributed by atoms with Crippen molar-refractivity contribution in [2.24, 2.45) is 0 Å². The molecule has 0 amide bonds. The zero-order valence-corrected chi connectivity index (χ0v) is 11.6. The number of benzene rings is 1. The van der Waals surface area contributed by atoms with Crippen LogP contribution in [0.1, 0.15) is 24.1 Å². The van der Waals surface area contributed by atoms with Crippen molar-refractivity contribution in [2.75, 3.05) is 5.73 Å². The summed E-state index contributed by atoms with van der Waals surface area (Å²) in [5.41, 5.74) is 10.3. The Bertz CT molecular complexity index is 610. The van der Waals surface area contributed by atoms with E-state index < -0.39 is 0 Å². The Kier molecular flexibility index (Phi) is 2.75. The first kappa shape index (κ1) is 11.3. The van der Waals surface area contributed by atoms with Crippen molar-refractivity contribution < 1.29 is 0 Å². The van der Waals surface area contributed by atoms with Gasteiger partial charge in [-0.25, -0.2) is 0 Å². The molecule has 1 aromatic carbocycles. The lowest BCUT2D eigenvalue weighted by Crippen LogP contribution is -2.09. The van der Waals surface area contributed by atoms with E-state index in [1.807, 2.05) is 12.1 Å². The predicted molar refractivity (Wildman–Crippen MR) is 75.5 cm³/mol. The Morgan fingerprint density at radius 3 is 2.82 bits per heavy atom. The molecule has 2 aromatic rings. The van der Waals surface area contributed by atoms with Crippen LogP contribution in [-0.2, 0) is 12.8 Å². The van der Waals surface area contributed by atoms with Crippen LogP contribution in [0.2, 0.25) is 5.02 Å². The summed E-state index contributed by atoms with van der Waals surface area (Å²) in [4.78, 5) is 4.68. The lowest BCUT2D eigenvalue weighted by molar-refractivity contribution is 0.673. The highest BCUT2D eigenvalue weighted by molar-refractivity contribution is 9.10. The normalized spacial score (nSPS) is 14.9. The molecular formula is C13H12BrClN2. The molecule has 0 saturated carbocycles. The predicted octanol–water partition coefficient (Wildman–Crippen LogP) is 4.11. The molecule has 3 rings (SSSR count). The standard InChI is InChI=1S/C13H12BrClN2/c14-7-5-9-12(16)8-3-1-2-4-11(8)17-13(9)10(15)6-7/h5-6H,1-4H2,(H2,16,17). The van der Waals surface area contributed by atoms with Crippen molar-refractivity contribution >= 4 is 44.1 Å². The van der Waals surface area contributed by atoms with Gasteiger partial charge >= 0.3 is 0 Å². The minimum Gasteiger partial charge on any atom is -0.398 e. The van der Waals surface area contributed by atoms with Gasteiger partial charge in [-0.3, -0.25) is 4.98 Å². The average molecular weight is 312 g/mol. The lowest BCUT2D eigenvalue weighted by atomic mass is 9.93. The molecule has 0 spiro atoms. The number of fused-ring (bicyclic) bond motifs is 2. The topological polar surface area (TPSA) is 38.9 Å². The summed E-state index contributed by atoms with van der Waals surface area (Å²) >= 11 is 9.67. The number of hydrogen-bond acceptors (Lipinski definition) is 2. The van der Waals surface area contributed by atoms with Gasteiger partial charge in [0.15, 0.2) is 0 Å². The third-order valence-electron chi connectivity index (χ3n) is 3.33. The minimum absolute atomic E-state index is 0.662. The van der Waals surface area contributed by atoms with E-state index in [0.29, 0.717) is 5.02 Å². The van der Waals surface area contributed by atoms with Gasteiger partial charge in [0.25, 0.3) is 0 Å². The van der Waals surface area contributed by atoms with Gasteiger partial charge in [-0.05, 0) is 43.4 Å². The number of halogens is 2. The molecule has 0 aliphatic heterocycles. The minimum atomic E-state index is 0.662. The fourth-order valence-corrected chi connectivity index (χ4v) is 3.34. The van der Waals surface area contributed by atoms with Crippen LogP contribution in [0.4, 0.5) is 5.69 Å². The van der Waals surface area contributed by atoms with Crippen molar-refractivity contribution in [1.29, 1.82) is 0 Å². The largest absolute Gasteiger partial charge is 0.398 e. The highest BCUT2D eigenvalue weighted by Gasteiger charge is 2.17. The van der Waals surface area contributed by atoms with Gasteiger partial charge in [-0.15, -0.1) is 0 Å². The molecule has 17 heavy (non-hydrogen) atoms. The zero-order valence-electron chi connectivity index (χ0n) is 9.26. The third kappa shape index (κ3) is 1.81. The molecule has 88 valence electrons. The Labute approximate surface area is 113 Å². The summed E-state index contributed by atoms with van der Waals surface area (Å²) in [5, 5.41) is 1.62. The second kappa shape index (κ2) is 4.14. The zero-order chi connectivity index (χ0) is 12.0. The van der Waals surface area contributed by atoms with Gasteiger partial charge in [-0.2, -0.15) is 0 Å². The summed E-state index contributed by atoms with van der Waals surface area (Å²) in [7, 11) is 0. The summed E-state index contributed by atoms with van der Waals surface area (Å²) in [6.45, 7) is 0. The van der Waals surface area contributed by atoms with E-state index in [2.05, 4.69) is 20.9 Å². The van der Waals surface area contributed by atoms with E-state index in [4.69, 9.17) is 17.3 Å². The van der Waals surface area contributed by atoms with Crippen LogP contribution in [0, 0.1) is 0 Å². The van der Waals surface area contributed by atoms with Crippen molar-refractivity contribution in [2.45, 2.75) is 25.7 Å². The smallest absolute Gasteiger partial charge is 0.0913 e. The summed E-state index contributed by atoms with van der Waals surface area (Å²) in [5.74, 6) is 0. The molecule has 1 aliphatic carbocycles. The molecule has 0 fully saturated rings. The second-order valence-corrected chi connectivity index (χ2v) is 5.76. The highest BCUT2D eigenvalue weighted by Crippen LogP contribution is 2.35. The molecule has 0 unspecified atom stereocenters. The molecule has 2 N–H and O–H groups in total. The van der Waals surface area contributed by atoms with Crippen molar-refractivity contribution in [3.8, 4) is 0 Å². The number of pyridine rings is 1. The highest BCUT2D eigenvalue weighted by atomic mass is 79.9. The van der Waals surface area contributed by atoms with Crippen LogP contribution >= 0.6 is 27.5 Å². The monoisotopic (exact) mass is 310 g/mol. The van der Waals surface area contributed by atoms with E-state index in [1.54, 1.807) is 0 Å². The van der Waals surface area contributed by atoms with Gasteiger partial charge in [0, 0.05) is 21.2 Å². The van der Waals surface area contributed by atoms with Crippen LogP contribution in [0.15, 0.2) is 16.6 Å². The van der Waals surface area contributed by atoms with E-state index >= 15 is 0 Å². The Morgan fingerprint density at radius 1 is 1.24 bits per heavy atom. The number of anilines is 1. The molecule has 4 heteroatoms. The number of hydrogen-bond donors (Lipinski definition) is 1.